The standard InChI is InChI=1S/C12H10F5NO3/c1-5-3-4-6(13)7(8(5)14)9(19)18-11(2,10(20)21)12(15,16)17/h3-4H,1-2H3,(H,18,19)(H,20,21). The van der Waals surface area contributed by atoms with Crippen molar-refractivity contribution >= 4 is 11.9 Å². The summed E-state index contributed by atoms with van der Waals surface area (Å²) in [7, 11) is 0. The lowest BCUT2D eigenvalue weighted by Crippen LogP contribution is -2.62. The maximum Gasteiger partial charge on any atom is 0.422 e. The van der Waals surface area contributed by atoms with Gasteiger partial charge in [-0.1, -0.05) is 6.07 Å². The first-order valence-corrected chi connectivity index (χ1v) is 5.49. The van der Waals surface area contributed by atoms with Crippen LogP contribution in [-0.4, -0.2) is 28.7 Å². The van der Waals surface area contributed by atoms with E-state index in [4.69, 9.17) is 5.11 Å². The van der Waals surface area contributed by atoms with E-state index in [0.717, 1.165) is 11.4 Å². The third-order valence-corrected chi connectivity index (χ3v) is 2.87. The van der Waals surface area contributed by atoms with E-state index in [2.05, 4.69) is 0 Å². The van der Waals surface area contributed by atoms with E-state index in [0.29, 0.717) is 6.07 Å². The molecule has 0 saturated carbocycles. The van der Waals surface area contributed by atoms with Gasteiger partial charge in [0.1, 0.15) is 17.2 Å². The number of alkyl halides is 3. The number of hydrogen-bond donors (Lipinski definition) is 2. The molecule has 1 unspecified atom stereocenters. The molecule has 0 aromatic heterocycles. The van der Waals surface area contributed by atoms with E-state index in [9.17, 15) is 31.5 Å². The van der Waals surface area contributed by atoms with Gasteiger partial charge in [0.05, 0.1) is 0 Å². The van der Waals surface area contributed by atoms with Crippen molar-refractivity contribution in [3.05, 3.63) is 34.9 Å². The van der Waals surface area contributed by atoms with E-state index in [1.165, 1.54) is 6.92 Å². The summed E-state index contributed by atoms with van der Waals surface area (Å²) in [6.07, 6.45) is -5.36. The highest BCUT2D eigenvalue weighted by Gasteiger charge is 2.58. The number of nitrogens with one attached hydrogen (secondary N) is 1. The van der Waals surface area contributed by atoms with Gasteiger partial charge in [0, 0.05) is 0 Å². The van der Waals surface area contributed by atoms with Gasteiger partial charge in [0.25, 0.3) is 5.91 Å². The van der Waals surface area contributed by atoms with Crippen LogP contribution in [0.25, 0.3) is 0 Å². The highest BCUT2D eigenvalue weighted by molar-refractivity contribution is 5.98. The first kappa shape index (κ1) is 16.9. The molecule has 1 aromatic rings. The van der Waals surface area contributed by atoms with Crippen LogP contribution in [0, 0.1) is 18.6 Å². The van der Waals surface area contributed by atoms with Gasteiger partial charge < -0.3 is 10.4 Å². The van der Waals surface area contributed by atoms with Gasteiger partial charge in [-0.15, -0.1) is 0 Å². The molecule has 0 bridgehead atoms. The largest absolute Gasteiger partial charge is 0.479 e. The van der Waals surface area contributed by atoms with E-state index in [1.54, 1.807) is 0 Å². The number of carboxylic acid groups (broad SMARTS) is 1. The SMILES string of the molecule is Cc1ccc(F)c(C(=O)NC(C)(C(=O)O)C(F)(F)F)c1F. The second kappa shape index (κ2) is 5.30. The number of hydrogen-bond acceptors (Lipinski definition) is 2. The zero-order chi connectivity index (χ0) is 16.6. The summed E-state index contributed by atoms with van der Waals surface area (Å²) in [4.78, 5) is 22.4. The maximum atomic E-state index is 13.7. The number of aryl methyl sites for hydroxylation is 1. The Balaban J connectivity index is 3.28. The molecule has 0 heterocycles. The van der Waals surface area contributed by atoms with E-state index in [-0.39, 0.29) is 12.5 Å². The molecular formula is C12H10F5NO3. The number of benzene rings is 1. The van der Waals surface area contributed by atoms with Crippen LogP contribution in [0.2, 0.25) is 0 Å². The van der Waals surface area contributed by atoms with E-state index >= 15 is 0 Å². The second-order valence-corrected chi connectivity index (χ2v) is 4.44. The van der Waals surface area contributed by atoms with Gasteiger partial charge in [-0.05, 0) is 25.5 Å². The molecule has 0 spiro atoms. The number of carboxylic acids is 1. The topological polar surface area (TPSA) is 66.4 Å². The Morgan fingerprint density at radius 1 is 1.19 bits per heavy atom. The molecule has 0 radical (unpaired) electrons. The van der Waals surface area contributed by atoms with Crippen LogP contribution in [0.3, 0.4) is 0 Å². The van der Waals surface area contributed by atoms with Crippen LogP contribution < -0.4 is 5.32 Å². The lowest BCUT2D eigenvalue weighted by Gasteiger charge is -2.28. The lowest BCUT2D eigenvalue weighted by molar-refractivity contribution is -0.203. The predicted molar refractivity (Wildman–Crippen MR) is 60.7 cm³/mol. The molecule has 0 aliphatic heterocycles. The minimum Gasteiger partial charge on any atom is -0.479 e. The molecular weight excluding hydrogens is 301 g/mol. The van der Waals surface area contributed by atoms with Gasteiger partial charge >= 0.3 is 12.1 Å². The minimum atomic E-state index is -5.36. The highest BCUT2D eigenvalue weighted by atomic mass is 19.4. The summed E-state index contributed by atoms with van der Waals surface area (Å²) < 4.78 is 65.3. The fourth-order valence-electron chi connectivity index (χ4n) is 1.40. The monoisotopic (exact) mass is 311 g/mol. The first-order valence-electron chi connectivity index (χ1n) is 5.49. The molecule has 1 aromatic carbocycles. The van der Waals surface area contributed by atoms with Crippen molar-refractivity contribution < 1.29 is 36.6 Å². The van der Waals surface area contributed by atoms with Gasteiger partial charge in [0.15, 0.2) is 0 Å². The Morgan fingerprint density at radius 3 is 2.14 bits per heavy atom. The van der Waals surface area contributed by atoms with E-state index in [1.807, 2.05) is 0 Å². The third kappa shape index (κ3) is 2.96. The highest BCUT2D eigenvalue weighted by Crippen LogP contribution is 2.31. The normalized spacial score (nSPS) is 14.4. The zero-order valence-corrected chi connectivity index (χ0v) is 10.8. The van der Waals surface area contributed by atoms with Crippen molar-refractivity contribution in [2.75, 3.05) is 0 Å². The first-order chi connectivity index (χ1) is 9.41. The summed E-state index contributed by atoms with van der Waals surface area (Å²) >= 11 is 0. The van der Waals surface area contributed by atoms with Crippen LogP contribution in [0.15, 0.2) is 12.1 Å². The Hall–Kier alpha value is -2.19. The number of rotatable bonds is 3. The molecule has 4 nitrogen and oxygen atoms in total. The van der Waals surface area contributed by atoms with Gasteiger partial charge in [-0.25, -0.2) is 13.6 Å². The average molecular weight is 311 g/mol. The molecule has 0 saturated heterocycles. The van der Waals surface area contributed by atoms with Crippen molar-refractivity contribution in [2.45, 2.75) is 25.6 Å². The van der Waals surface area contributed by atoms with Gasteiger partial charge in [0.2, 0.25) is 5.54 Å². The molecule has 1 atom stereocenters. The lowest BCUT2D eigenvalue weighted by atomic mass is 10.0. The molecule has 0 aliphatic rings. The minimum absolute atomic E-state index is 0.175. The van der Waals surface area contributed by atoms with Gasteiger partial charge in [-0.3, -0.25) is 4.79 Å². The fourth-order valence-corrected chi connectivity index (χ4v) is 1.40. The molecule has 21 heavy (non-hydrogen) atoms. The smallest absolute Gasteiger partial charge is 0.422 e. The summed E-state index contributed by atoms with van der Waals surface area (Å²) in [6, 6.07) is 1.68. The Labute approximate surface area is 115 Å². The quantitative estimate of drug-likeness (QED) is 0.843. The van der Waals surface area contributed by atoms with Crippen LogP contribution >= 0.6 is 0 Å². The maximum absolute atomic E-state index is 13.7. The molecule has 116 valence electrons. The molecule has 0 aliphatic carbocycles. The zero-order valence-electron chi connectivity index (χ0n) is 10.8. The molecule has 9 heteroatoms. The molecule has 2 N–H and O–H groups in total. The summed E-state index contributed by atoms with van der Waals surface area (Å²) in [5.74, 6) is -6.97. The Kier molecular flexibility index (Phi) is 4.26. The van der Waals surface area contributed by atoms with Crippen molar-refractivity contribution in [1.82, 2.24) is 5.32 Å². The van der Waals surface area contributed by atoms with Crippen LogP contribution in [0.4, 0.5) is 22.0 Å². The second-order valence-electron chi connectivity index (χ2n) is 4.44. The molecule has 1 rings (SSSR count). The summed E-state index contributed by atoms with van der Waals surface area (Å²) in [6.45, 7) is 1.35. The number of carbonyl (C=O) groups excluding carboxylic acids is 1. The number of aliphatic carboxylic acids is 1. The van der Waals surface area contributed by atoms with Crippen molar-refractivity contribution in [2.24, 2.45) is 0 Å². The predicted octanol–water partition coefficient (Wildman–Crippen LogP) is 2.41. The van der Waals surface area contributed by atoms with E-state index < -0.39 is 40.8 Å². The molecule has 1 amide bonds. The Bertz CT molecular complexity index is 599. The van der Waals surface area contributed by atoms with Gasteiger partial charge in [-0.2, -0.15) is 13.2 Å². The van der Waals surface area contributed by atoms with Crippen LogP contribution in [0.5, 0.6) is 0 Å². The summed E-state index contributed by atoms with van der Waals surface area (Å²) in [5.41, 5.74) is -5.12. The average Bonchev–Trinajstić information content (AvgIpc) is 2.32. The number of amides is 1. The van der Waals surface area contributed by atoms with Crippen LogP contribution in [-0.2, 0) is 4.79 Å². The fraction of sp³-hybridized carbons (Fsp3) is 0.333. The number of halogens is 5. The van der Waals surface area contributed by atoms with Crippen molar-refractivity contribution in [3.8, 4) is 0 Å². The van der Waals surface area contributed by atoms with Crippen molar-refractivity contribution in [1.29, 1.82) is 0 Å². The Morgan fingerprint density at radius 2 is 1.71 bits per heavy atom. The number of carbonyl (C=O) groups is 2. The van der Waals surface area contributed by atoms with Crippen molar-refractivity contribution in [3.63, 3.8) is 0 Å². The van der Waals surface area contributed by atoms with Crippen LogP contribution in [0.1, 0.15) is 22.8 Å². The molecule has 0 fully saturated rings. The summed E-state index contributed by atoms with van der Waals surface area (Å²) in [5, 5.41) is 9.75. The third-order valence-electron chi connectivity index (χ3n) is 2.87.